The Labute approximate surface area is 192 Å². The first kappa shape index (κ1) is 24.0. The molecule has 2 N–H and O–H groups in total. The second-order valence-corrected chi connectivity index (χ2v) is 11.1. The molecule has 1 aliphatic carbocycles. The lowest BCUT2D eigenvalue weighted by molar-refractivity contribution is -0.133. The number of hydrogen-bond donors (Lipinski definition) is 2. The van der Waals surface area contributed by atoms with Crippen molar-refractivity contribution >= 4 is 44.9 Å². The fourth-order valence-corrected chi connectivity index (χ4v) is 6.26. The number of allylic oxidation sites excluding steroid dienone is 1. The fourth-order valence-electron chi connectivity index (χ4n) is 4.36. The van der Waals surface area contributed by atoms with Crippen molar-refractivity contribution in [1.82, 2.24) is 0 Å². The minimum absolute atomic E-state index is 0.102. The van der Waals surface area contributed by atoms with Crippen LogP contribution in [0.15, 0.2) is 42.0 Å². The first-order valence-electron chi connectivity index (χ1n) is 11.0. The lowest BCUT2D eigenvalue weighted by Gasteiger charge is -2.32. The molecule has 168 valence electrons. The molecule has 2 unspecified atom stereocenters. The smallest absolute Gasteiger partial charge is 0.313 e. The van der Waals surface area contributed by atoms with Crippen LogP contribution in [-0.2, 0) is 16.0 Å². The predicted molar refractivity (Wildman–Crippen MR) is 130 cm³/mol. The van der Waals surface area contributed by atoms with Gasteiger partial charge in [0.05, 0.1) is 11.4 Å². The Morgan fingerprint density at radius 3 is 2.84 bits per heavy atom. The number of aliphatic carboxylic acids is 1. The second-order valence-electron chi connectivity index (χ2n) is 8.82. The number of aryl methyl sites for hydroxylation is 1. The summed E-state index contributed by atoms with van der Waals surface area (Å²) in [6.07, 6.45) is 6.44. The largest absolute Gasteiger partial charge is 0.481 e. The maximum atomic E-state index is 11.8. The molecule has 6 heteroatoms. The lowest BCUT2D eigenvalue weighted by Crippen LogP contribution is -2.32. The molecule has 0 saturated heterocycles. The molecule has 1 saturated carbocycles. The number of benzene rings is 1. The Hall–Kier alpha value is -1.63. The fraction of sp³-hybridized carbons (Fsp3) is 0.520. The molecule has 4 nitrogen and oxygen atoms in total. The topological polar surface area (TPSA) is 74.6 Å². The first-order chi connectivity index (χ1) is 14.7. The Bertz CT molecular complexity index is 911. The van der Waals surface area contributed by atoms with Crippen molar-refractivity contribution in [3.8, 4) is 0 Å². The van der Waals surface area contributed by atoms with Crippen LogP contribution in [0.25, 0.3) is 10.1 Å². The third-order valence-electron chi connectivity index (χ3n) is 6.11. The van der Waals surface area contributed by atoms with Gasteiger partial charge in [-0.25, -0.2) is 0 Å². The summed E-state index contributed by atoms with van der Waals surface area (Å²) in [7, 11) is 0. The average molecular weight is 461 g/mol. The maximum absolute atomic E-state index is 11.8. The molecule has 3 atom stereocenters. The minimum atomic E-state index is -0.960. The molecular weight excluding hydrogens is 428 g/mol. The molecule has 1 aromatic heterocycles. The van der Waals surface area contributed by atoms with E-state index in [4.69, 9.17) is 5.11 Å². The number of thioether (sulfide) groups is 1. The van der Waals surface area contributed by atoms with Crippen molar-refractivity contribution in [3.63, 3.8) is 0 Å². The van der Waals surface area contributed by atoms with Crippen molar-refractivity contribution < 1.29 is 19.8 Å². The quantitative estimate of drug-likeness (QED) is 0.331. The second kappa shape index (κ2) is 10.8. The van der Waals surface area contributed by atoms with E-state index >= 15 is 0 Å². The molecule has 1 heterocycles. The Morgan fingerprint density at radius 1 is 1.39 bits per heavy atom. The van der Waals surface area contributed by atoms with Gasteiger partial charge in [-0.3, -0.25) is 9.59 Å². The minimum Gasteiger partial charge on any atom is -0.481 e. The van der Waals surface area contributed by atoms with Gasteiger partial charge in [0.15, 0.2) is 0 Å². The zero-order chi connectivity index (χ0) is 22.4. The lowest BCUT2D eigenvalue weighted by atomic mass is 9.80. The first-order valence-corrected chi connectivity index (χ1v) is 12.9. The summed E-state index contributed by atoms with van der Waals surface area (Å²) in [6.45, 7) is 4.00. The number of carbonyl (C=O) groups is 2. The molecule has 1 aromatic carbocycles. The molecule has 1 fully saturated rings. The summed E-state index contributed by atoms with van der Waals surface area (Å²) < 4.78 is 1.26. The monoisotopic (exact) mass is 460 g/mol. The summed E-state index contributed by atoms with van der Waals surface area (Å²) in [6, 6.07) is 10.5. The average Bonchev–Trinajstić information content (AvgIpc) is 3.33. The summed E-state index contributed by atoms with van der Waals surface area (Å²) in [5.41, 5.74) is 0.0443. The van der Waals surface area contributed by atoms with Gasteiger partial charge in [-0.1, -0.05) is 31.2 Å². The Balaban J connectivity index is 1.71. The molecule has 2 aromatic rings. The van der Waals surface area contributed by atoms with Gasteiger partial charge >= 0.3 is 5.97 Å². The highest BCUT2D eigenvalue weighted by Gasteiger charge is 2.31. The maximum Gasteiger partial charge on any atom is 0.313 e. The van der Waals surface area contributed by atoms with Gasteiger partial charge in [-0.2, -0.15) is 11.8 Å². The number of rotatable bonds is 11. The number of Topliss-reactive ketones (excluding diaryl/α,β-unsaturated/α-hetero) is 1. The highest BCUT2D eigenvalue weighted by atomic mass is 32.2. The molecule has 3 rings (SSSR count). The van der Waals surface area contributed by atoms with Crippen molar-refractivity contribution in [1.29, 1.82) is 0 Å². The van der Waals surface area contributed by atoms with Crippen LogP contribution in [0, 0.1) is 11.8 Å². The number of hydrogen-bond acceptors (Lipinski definition) is 5. The summed E-state index contributed by atoms with van der Waals surface area (Å²) in [5, 5.41) is 21.6. The zero-order valence-electron chi connectivity index (χ0n) is 18.3. The predicted octanol–water partition coefficient (Wildman–Crippen LogP) is 5.72. The van der Waals surface area contributed by atoms with E-state index in [0.29, 0.717) is 25.0 Å². The number of aliphatic hydroxyl groups is 1. The van der Waals surface area contributed by atoms with Crippen LogP contribution >= 0.6 is 23.1 Å². The number of carboxylic acid groups (broad SMARTS) is 1. The molecule has 0 aliphatic heterocycles. The van der Waals surface area contributed by atoms with E-state index < -0.39 is 11.6 Å². The third kappa shape index (κ3) is 6.93. The normalized spacial score (nSPS) is 20.2. The molecular formula is C25H32O4S2. The van der Waals surface area contributed by atoms with E-state index in [1.165, 1.54) is 26.7 Å². The van der Waals surface area contributed by atoms with Crippen molar-refractivity contribution in [3.05, 3.63) is 46.9 Å². The van der Waals surface area contributed by atoms with Crippen LogP contribution in [0.4, 0.5) is 0 Å². The molecule has 31 heavy (non-hydrogen) atoms. The van der Waals surface area contributed by atoms with Crippen molar-refractivity contribution in [2.75, 3.05) is 11.5 Å². The molecule has 0 amide bonds. The number of carboxylic acids is 1. The zero-order valence-corrected chi connectivity index (χ0v) is 19.9. The summed E-state index contributed by atoms with van der Waals surface area (Å²) in [4.78, 5) is 23.8. The number of thiophene rings is 1. The van der Waals surface area contributed by atoms with E-state index in [1.807, 2.05) is 19.1 Å². The summed E-state index contributed by atoms with van der Waals surface area (Å²) in [5.74, 6) is 0.677. The van der Waals surface area contributed by atoms with E-state index in [0.717, 1.165) is 30.6 Å². The van der Waals surface area contributed by atoms with Crippen LogP contribution in [-0.4, -0.2) is 39.1 Å². The van der Waals surface area contributed by atoms with Gasteiger partial charge in [0.25, 0.3) is 0 Å². The SMILES string of the molecule is CC(CCSCC(=O)O)/C(=C\[C@H]1CCC(=O)C1)C(C)(O)CCc1cc2ccccc2s1. The van der Waals surface area contributed by atoms with Crippen LogP contribution in [0.3, 0.4) is 0 Å². The standard InChI is InChI=1S/C25H32O4S2/c1-17(10-12-30-16-24(27)28)22(14-18-7-8-20(26)13-18)25(2,29)11-9-21-15-19-5-3-4-6-23(19)31-21/h3-6,14-15,17-18,29H,7-13,16H2,1-2H3,(H,27,28)/b22-14+/t17?,18-,25?/m0/s1. The highest BCUT2D eigenvalue weighted by Crippen LogP contribution is 2.36. The Kier molecular flexibility index (Phi) is 8.36. The van der Waals surface area contributed by atoms with Crippen LogP contribution < -0.4 is 0 Å². The van der Waals surface area contributed by atoms with Gasteiger partial charge in [0.1, 0.15) is 5.78 Å². The van der Waals surface area contributed by atoms with Gasteiger partial charge < -0.3 is 10.2 Å². The van der Waals surface area contributed by atoms with E-state index in [-0.39, 0.29) is 17.6 Å². The van der Waals surface area contributed by atoms with Gasteiger partial charge in [0.2, 0.25) is 0 Å². The highest BCUT2D eigenvalue weighted by molar-refractivity contribution is 7.99. The van der Waals surface area contributed by atoms with E-state index in [2.05, 4.69) is 31.2 Å². The number of carbonyl (C=O) groups excluding carboxylic acids is 1. The Morgan fingerprint density at radius 2 is 2.16 bits per heavy atom. The van der Waals surface area contributed by atoms with Gasteiger partial charge in [-0.05, 0) is 73.3 Å². The van der Waals surface area contributed by atoms with Crippen LogP contribution in [0.5, 0.6) is 0 Å². The van der Waals surface area contributed by atoms with Crippen LogP contribution in [0.2, 0.25) is 0 Å². The molecule has 0 spiro atoms. The third-order valence-corrected chi connectivity index (χ3v) is 8.26. The summed E-state index contributed by atoms with van der Waals surface area (Å²) >= 11 is 3.19. The van der Waals surface area contributed by atoms with Gasteiger partial charge in [-0.15, -0.1) is 11.3 Å². The van der Waals surface area contributed by atoms with Gasteiger partial charge in [0, 0.05) is 22.4 Å². The van der Waals surface area contributed by atoms with Crippen LogP contribution in [0.1, 0.15) is 50.8 Å². The number of ketones is 1. The van der Waals surface area contributed by atoms with Crippen molar-refractivity contribution in [2.24, 2.45) is 11.8 Å². The van der Waals surface area contributed by atoms with Crippen molar-refractivity contribution in [2.45, 2.75) is 58.0 Å². The molecule has 0 radical (unpaired) electrons. The molecule has 1 aliphatic rings. The van der Waals surface area contributed by atoms with E-state index in [9.17, 15) is 14.7 Å². The molecule has 0 bridgehead atoms. The van der Waals surface area contributed by atoms with E-state index in [1.54, 1.807) is 11.3 Å². The number of fused-ring (bicyclic) bond motifs is 1.